The largest absolute Gasteiger partial charge is 0.509 e. The molecule has 26 rings (SSSR count). The molecule has 7 N–H and O–H groups in total. The first kappa shape index (κ1) is 37.9. The molecule has 13 spiro atoms. The summed E-state index contributed by atoms with van der Waals surface area (Å²) in [5, 5.41) is 92.5. The number of aliphatic carboxylic acids is 2. The standard InChI is InChI=1S/C57H40O19/c1-14-27-29(39(63)64)21-7-15(38(61)62)6-18-9-25-51-49(75-51)34-33(32(27)52(51)45(18,21)72-52)48-35-16(8-26(60)44(14,48)71-48)11-42-56(67,70-42)24-5-4-22(59)30-20-10-23(68-13-58)19-3-2-17-12-41(55(25,66)69-41)40(49)54-43(65)36(28(20)31(19)46(17,54)73-54)53(47(24,30)74-53)57(42)50(35,76-57)37(34)43/h3-8,10,13,17-18,20,24-25,28-29,31-34,36-37,40,59-60,65-67H,2,9,11-12H2,1H3,(H,61,62)(H,63,64)/t17?,18?,20?,24?,25?,28?,29?,31?,32?,33?,34?,36?,37?,40?,41?,42-,43+,44-,45-,46+,47+,48+,49-,50?,51+,52+,53?,54-,55?,56-,57-/m0/s1. The number of carboxylic acids is 2. The van der Waals surface area contributed by atoms with E-state index in [1.807, 2.05) is 13.0 Å². The van der Waals surface area contributed by atoms with Gasteiger partial charge in [-0.25, -0.2) is 4.79 Å². The molecule has 18 aliphatic carbocycles. The zero-order valence-corrected chi connectivity index (χ0v) is 39.6. The first-order valence-electron chi connectivity index (χ1n) is 27.5. The van der Waals surface area contributed by atoms with Crippen LogP contribution in [0.25, 0.3) is 0 Å². The summed E-state index contributed by atoms with van der Waals surface area (Å²) < 4.78 is 68.3. The highest BCUT2D eigenvalue weighted by Gasteiger charge is 3.26. The van der Waals surface area contributed by atoms with Crippen LogP contribution < -0.4 is 0 Å². The summed E-state index contributed by atoms with van der Waals surface area (Å²) in [7, 11) is 0. The maximum atomic E-state index is 16.2. The minimum absolute atomic E-state index is 0.0544. The molecular formula is C57H40O19. The Morgan fingerprint density at radius 1 is 0.829 bits per heavy atom. The van der Waals surface area contributed by atoms with Gasteiger partial charge < -0.3 is 78.4 Å². The third-order valence-corrected chi connectivity index (χ3v) is 29.2. The maximum Gasteiger partial charge on any atom is 0.335 e. The van der Waals surface area contributed by atoms with E-state index >= 15 is 5.11 Å². The molecule has 19 fully saturated rings. The van der Waals surface area contributed by atoms with E-state index in [-0.39, 0.29) is 35.9 Å². The summed E-state index contributed by atoms with van der Waals surface area (Å²) in [5.41, 5.74) is -19.0. The van der Waals surface area contributed by atoms with Crippen molar-refractivity contribution >= 4 is 18.4 Å². The van der Waals surface area contributed by atoms with Gasteiger partial charge in [0, 0.05) is 64.9 Å². The van der Waals surface area contributed by atoms with Crippen LogP contribution in [0, 0.1) is 82.9 Å². The van der Waals surface area contributed by atoms with Crippen LogP contribution >= 0.6 is 0 Å². The molecule has 0 bridgehead atoms. The molecule has 8 aliphatic heterocycles. The molecule has 19 nitrogen and oxygen atoms in total. The summed E-state index contributed by atoms with van der Waals surface area (Å²) >= 11 is 0. The second-order valence-electron chi connectivity index (χ2n) is 28.6. The van der Waals surface area contributed by atoms with Crippen LogP contribution in [0.15, 0.2) is 104 Å². The lowest BCUT2D eigenvalue weighted by molar-refractivity contribution is -0.319. The van der Waals surface area contributed by atoms with Crippen LogP contribution in [0.3, 0.4) is 0 Å². The lowest BCUT2D eigenvalue weighted by Gasteiger charge is -2.78. The van der Waals surface area contributed by atoms with Crippen molar-refractivity contribution in [2.75, 3.05) is 0 Å². The summed E-state index contributed by atoms with van der Waals surface area (Å²) in [4.78, 5) is 40.5. The minimum Gasteiger partial charge on any atom is -0.509 e. The van der Waals surface area contributed by atoms with E-state index in [9.17, 15) is 45.0 Å². The van der Waals surface area contributed by atoms with Crippen molar-refractivity contribution < 1.29 is 92.8 Å². The molecule has 31 atom stereocenters. The molecule has 26 aliphatic rings. The summed E-state index contributed by atoms with van der Waals surface area (Å²) in [6.45, 7) is 2.23. The Labute approximate surface area is 425 Å². The number of carbonyl (C=O) groups is 3. The second kappa shape index (κ2) is 8.48. The van der Waals surface area contributed by atoms with Crippen molar-refractivity contribution in [3.8, 4) is 0 Å². The average Bonchev–Trinajstić information content (AvgIpc) is 1.43. The van der Waals surface area contributed by atoms with Crippen molar-refractivity contribution in [1.82, 2.24) is 0 Å². The van der Waals surface area contributed by atoms with Crippen molar-refractivity contribution in [2.45, 2.75) is 128 Å². The van der Waals surface area contributed by atoms with E-state index in [1.165, 1.54) is 6.08 Å². The van der Waals surface area contributed by atoms with Crippen LogP contribution in [-0.2, 0) is 57.0 Å². The Morgan fingerprint density at radius 3 is 2.47 bits per heavy atom. The third kappa shape index (κ3) is 2.18. The second-order valence-corrected chi connectivity index (χ2v) is 28.6. The topological polar surface area (TPSA) is 302 Å². The number of epoxide rings is 8. The van der Waals surface area contributed by atoms with Gasteiger partial charge in [0.2, 0.25) is 11.6 Å². The molecule has 0 aromatic heterocycles. The number of hydrogen-bond donors (Lipinski definition) is 7. The Morgan fingerprint density at radius 2 is 1.66 bits per heavy atom. The van der Waals surface area contributed by atoms with E-state index < -0.39 is 184 Å². The Hall–Kier alpha value is -4.77. The Balaban J connectivity index is 0.883. The first-order valence-corrected chi connectivity index (χ1v) is 27.5. The van der Waals surface area contributed by atoms with E-state index in [0.29, 0.717) is 58.5 Å². The van der Waals surface area contributed by atoms with Crippen molar-refractivity contribution in [1.29, 1.82) is 0 Å². The van der Waals surface area contributed by atoms with Gasteiger partial charge in [-0.2, -0.15) is 0 Å². The highest BCUT2D eigenvalue weighted by Crippen LogP contribution is 3.09. The van der Waals surface area contributed by atoms with Gasteiger partial charge >= 0.3 is 11.9 Å². The smallest absolute Gasteiger partial charge is 0.335 e. The molecule has 18 unspecified atom stereocenters. The van der Waals surface area contributed by atoms with Gasteiger partial charge in [-0.1, -0.05) is 18.2 Å². The van der Waals surface area contributed by atoms with E-state index in [2.05, 4.69) is 6.08 Å². The van der Waals surface area contributed by atoms with Crippen LogP contribution in [0.2, 0.25) is 0 Å². The molecule has 0 amide bonds. The highest BCUT2D eigenvalue weighted by atomic mass is 16.8. The van der Waals surface area contributed by atoms with Gasteiger partial charge in [-0.05, 0) is 90.2 Å². The SMILES string of the molecule is CC1=C2C(C(=O)O)C3=CC(C(=O)O)=CC4CC5C6(O)OC67CC6CC=C8C(OC=O)=CC9C%10=C(O)C=CC%11[C@]%12(O)O[C@@]%12%13CC%12=C%14C%15%16O[C@]%15%13C%13(O[C@@]%10%11%13)C%10C9C8[C@]68O[C@]86C7[C@]78O[C@]57[C@@]5(O[C@]345)C2C(C8C%16[C@]%106O)[C@@]%142O[C@]12C(O)=C%12. The molecular weight excluding hydrogens is 989 g/mol. The predicted octanol–water partition coefficient (Wildman–Crippen LogP) is 0.540. The molecule has 19 heteroatoms. The van der Waals surface area contributed by atoms with Crippen LogP contribution in [0.5, 0.6) is 0 Å². The maximum absolute atomic E-state index is 16.2. The fourth-order valence-electron chi connectivity index (χ4n) is 29.1. The van der Waals surface area contributed by atoms with Gasteiger partial charge in [-0.15, -0.1) is 0 Å². The first-order chi connectivity index (χ1) is 36.4. The van der Waals surface area contributed by atoms with Gasteiger partial charge in [0.1, 0.15) is 90.4 Å². The van der Waals surface area contributed by atoms with Crippen LogP contribution in [0.1, 0.15) is 32.6 Å². The molecule has 8 saturated heterocycles. The average molecular weight is 1030 g/mol. The quantitative estimate of drug-likeness (QED) is 0.115. The fourth-order valence-corrected chi connectivity index (χ4v) is 29.1. The van der Waals surface area contributed by atoms with Gasteiger partial charge in [0.05, 0.1) is 23.3 Å². The zero-order chi connectivity index (χ0) is 49.9. The Kier molecular flexibility index (Phi) is 4.23. The highest BCUT2D eigenvalue weighted by molar-refractivity contribution is 5.94. The number of allylic oxidation sites excluding steroid dienone is 5. The van der Waals surface area contributed by atoms with Crippen molar-refractivity contribution in [2.24, 2.45) is 82.9 Å². The number of carboxylic acid groups (broad SMARTS) is 2. The number of aliphatic hydroxyl groups excluding tert-OH is 2. The van der Waals surface area contributed by atoms with E-state index in [4.69, 9.17) is 42.6 Å². The van der Waals surface area contributed by atoms with Crippen molar-refractivity contribution in [3.05, 3.63) is 104 Å². The molecule has 0 aromatic rings. The number of fused-ring (bicyclic) bond motifs is 3. The molecule has 0 aromatic carbocycles. The van der Waals surface area contributed by atoms with Gasteiger partial charge in [0.25, 0.3) is 6.47 Å². The van der Waals surface area contributed by atoms with Crippen LogP contribution in [-0.4, -0.2) is 150 Å². The van der Waals surface area contributed by atoms with Crippen LogP contribution in [0.4, 0.5) is 0 Å². The lowest BCUT2D eigenvalue weighted by Crippen LogP contribution is -2.95. The fraction of sp³-hybridized carbons (Fsp3) is 0.632. The molecule has 76 heavy (non-hydrogen) atoms. The minimum atomic E-state index is -1.97. The summed E-state index contributed by atoms with van der Waals surface area (Å²) in [6.07, 6.45) is 13.1. The third-order valence-electron chi connectivity index (χ3n) is 29.2. The molecule has 8 heterocycles. The number of hydrogen-bond acceptors (Lipinski definition) is 17. The number of ether oxygens (including phenoxy) is 9. The normalized spacial score (nSPS) is 74.3. The molecule has 11 saturated carbocycles. The number of rotatable bonds is 4. The van der Waals surface area contributed by atoms with Gasteiger partial charge in [-0.3, -0.25) is 9.59 Å². The number of carbonyl (C=O) groups excluding carboxylic acids is 1. The zero-order valence-electron chi connectivity index (χ0n) is 39.6. The van der Waals surface area contributed by atoms with E-state index in [0.717, 1.165) is 5.57 Å². The van der Waals surface area contributed by atoms with E-state index in [1.54, 1.807) is 24.3 Å². The Bertz CT molecular complexity index is 3980. The summed E-state index contributed by atoms with van der Waals surface area (Å²) in [5.74, 6) is -17.6. The monoisotopic (exact) mass is 1030 g/mol. The van der Waals surface area contributed by atoms with Gasteiger partial charge in [0.15, 0.2) is 16.8 Å². The van der Waals surface area contributed by atoms with Crippen molar-refractivity contribution in [3.63, 3.8) is 0 Å². The molecule has 382 valence electrons. The molecule has 0 radical (unpaired) electrons. The number of aliphatic hydroxyl groups is 5. The summed E-state index contributed by atoms with van der Waals surface area (Å²) in [6, 6.07) is 0. The lowest BCUT2D eigenvalue weighted by atomic mass is 9.19. The predicted molar refractivity (Wildman–Crippen MR) is 233 cm³/mol.